The SMILES string of the molecule is O=Cc1ccc2c(c1)C(c1ccccc1)C1CN(c3ccccc3)C(=O)C1C2. The molecule has 138 valence electrons. The number of carbonyl (C=O) groups is 2. The van der Waals surface area contributed by atoms with Crippen LogP contribution in [0.15, 0.2) is 78.9 Å². The van der Waals surface area contributed by atoms with Crippen LogP contribution in [-0.2, 0) is 11.2 Å². The molecule has 3 heteroatoms. The molecule has 1 heterocycles. The van der Waals surface area contributed by atoms with E-state index in [1.807, 2.05) is 71.6 Å². The largest absolute Gasteiger partial charge is 0.312 e. The lowest BCUT2D eigenvalue weighted by molar-refractivity contribution is -0.121. The van der Waals surface area contributed by atoms with E-state index in [0.717, 1.165) is 18.4 Å². The van der Waals surface area contributed by atoms with Crippen molar-refractivity contribution in [1.82, 2.24) is 0 Å². The lowest BCUT2D eigenvalue weighted by Crippen LogP contribution is -2.31. The number of rotatable bonds is 3. The number of anilines is 1. The number of hydrogen-bond donors (Lipinski definition) is 0. The summed E-state index contributed by atoms with van der Waals surface area (Å²) in [6.45, 7) is 0.706. The Morgan fingerprint density at radius 2 is 1.61 bits per heavy atom. The maximum absolute atomic E-state index is 13.3. The van der Waals surface area contributed by atoms with Crippen molar-refractivity contribution in [2.45, 2.75) is 12.3 Å². The number of carbonyl (C=O) groups excluding carboxylic acids is 2. The van der Waals surface area contributed by atoms with Gasteiger partial charge in [-0.15, -0.1) is 0 Å². The fourth-order valence-corrected chi connectivity index (χ4v) is 4.95. The molecular weight excluding hydrogens is 346 g/mol. The number of nitrogens with zero attached hydrogens (tertiary/aromatic N) is 1. The molecule has 3 unspecified atom stereocenters. The normalized spacial score (nSPS) is 23.2. The highest BCUT2D eigenvalue weighted by Crippen LogP contribution is 2.48. The molecule has 5 rings (SSSR count). The Morgan fingerprint density at radius 3 is 2.32 bits per heavy atom. The van der Waals surface area contributed by atoms with Gasteiger partial charge >= 0.3 is 0 Å². The summed E-state index contributed by atoms with van der Waals surface area (Å²) in [6.07, 6.45) is 1.65. The van der Waals surface area contributed by atoms with Crippen LogP contribution in [-0.4, -0.2) is 18.7 Å². The number of aldehydes is 1. The minimum Gasteiger partial charge on any atom is -0.312 e. The van der Waals surface area contributed by atoms with E-state index in [1.54, 1.807) is 0 Å². The van der Waals surface area contributed by atoms with E-state index in [2.05, 4.69) is 12.1 Å². The molecule has 3 aromatic rings. The van der Waals surface area contributed by atoms with E-state index >= 15 is 0 Å². The molecule has 3 aromatic carbocycles. The van der Waals surface area contributed by atoms with Crippen molar-refractivity contribution in [3.05, 3.63) is 101 Å². The molecular formula is C25H21NO2. The second-order valence-corrected chi connectivity index (χ2v) is 7.72. The number of hydrogen-bond acceptors (Lipinski definition) is 2. The quantitative estimate of drug-likeness (QED) is 0.641. The molecule has 3 atom stereocenters. The summed E-state index contributed by atoms with van der Waals surface area (Å²) < 4.78 is 0. The van der Waals surface area contributed by atoms with E-state index in [4.69, 9.17) is 0 Å². The van der Waals surface area contributed by atoms with Crippen molar-refractivity contribution >= 4 is 17.9 Å². The summed E-state index contributed by atoms with van der Waals surface area (Å²) in [5, 5.41) is 0. The van der Waals surface area contributed by atoms with E-state index in [-0.39, 0.29) is 23.7 Å². The second-order valence-electron chi connectivity index (χ2n) is 7.72. The summed E-state index contributed by atoms with van der Waals surface area (Å²) in [7, 11) is 0. The van der Waals surface area contributed by atoms with Gasteiger partial charge in [-0.2, -0.15) is 0 Å². The van der Waals surface area contributed by atoms with Crippen LogP contribution in [0.2, 0.25) is 0 Å². The second kappa shape index (κ2) is 6.75. The monoisotopic (exact) mass is 367 g/mol. The molecule has 28 heavy (non-hydrogen) atoms. The molecule has 0 radical (unpaired) electrons. The Labute approximate surface area is 164 Å². The van der Waals surface area contributed by atoms with Gasteiger partial charge in [-0.1, -0.05) is 60.7 Å². The Bertz CT molecular complexity index is 1030. The van der Waals surface area contributed by atoms with Crippen molar-refractivity contribution in [3.8, 4) is 0 Å². The van der Waals surface area contributed by atoms with Gasteiger partial charge in [0.05, 0.1) is 0 Å². The van der Waals surface area contributed by atoms with Crippen LogP contribution in [0.25, 0.3) is 0 Å². The average molecular weight is 367 g/mol. The zero-order chi connectivity index (χ0) is 19.1. The zero-order valence-corrected chi connectivity index (χ0v) is 15.5. The van der Waals surface area contributed by atoms with E-state index in [1.165, 1.54) is 16.7 Å². The highest BCUT2D eigenvalue weighted by Gasteiger charge is 2.48. The predicted molar refractivity (Wildman–Crippen MR) is 110 cm³/mol. The molecule has 0 spiro atoms. The maximum Gasteiger partial charge on any atom is 0.230 e. The first-order chi connectivity index (χ1) is 13.8. The highest BCUT2D eigenvalue weighted by atomic mass is 16.2. The molecule has 1 aliphatic heterocycles. The van der Waals surface area contributed by atoms with Crippen LogP contribution in [0.4, 0.5) is 5.69 Å². The van der Waals surface area contributed by atoms with Crippen molar-refractivity contribution in [3.63, 3.8) is 0 Å². The van der Waals surface area contributed by atoms with E-state index in [9.17, 15) is 9.59 Å². The van der Waals surface area contributed by atoms with Gasteiger partial charge in [0, 0.05) is 29.6 Å². The number of amides is 1. The summed E-state index contributed by atoms with van der Waals surface area (Å²) in [6, 6.07) is 26.2. The average Bonchev–Trinajstić information content (AvgIpc) is 3.09. The van der Waals surface area contributed by atoms with E-state index in [0.29, 0.717) is 12.1 Å². The van der Waals surface area contributed by atoms with Crippen LogP contribution in [0.1, 0.15) is 33.0 Å². The van der Waals surface area contributed by atoms with E-state index < -0.39 is 0 Å². The minimum absolute atomic E-state index is 0.0278. The summed E-state index contributed by atoms with van der Waals surface area (Å²) in [4.78, 5) is 26.7. The molecule has 1 aliphatic carbocycles. The standard InChI is InChI=1S/C25H21NO2/c27-16-17-11-12-19-14-22-23(15-26(25(22)28)20-9-5-2-6-10-20)24(21(19)13-17)18-7-3-1-4-8-18/h1-13,16,22-24H,14-15H2. The molecule has 0 aromatic heterocycles. The predicted octanol–water partition coefficient (Wildman–Crippen LogP) is 4.47. The van der Waals surface area contributed by atoms with Gasteiger partial charge in [0.25, 0.3) is 0 Å². The summed E-state index contributed by atoms with van der Waals surface area (Å²) in [5.74, 6) is 0.499. The first-order valence-electron chi connectivity index (χ1n) is 9.75. The third-order valence-corrected chi connectivity index (χ3v) is 6.23. The van der Waals surface area contributed by atoms with Crippen LogP contribution in [0, 0.1) is 11.8 Å². The molecule has 3 nitrogen and oxygen atoms in total. The molecule has 0 N–H and O–H groups in total. The Morgan fingerprint density at radius 1 is 0.893 bits per heavy atom. The van der Waals surface area contributed by atoms with Gasteiger partial charge in [-0.05, 0) is 47.2 Å². The summed E-state index contributed by atoms with van der Waals surface area (Å²) >= 11 is 0. The molecule has 0 bridgehead atoms. The van der Waals surface area contributed by atoms with Crippen LogP contribution in [0.3, 0.4) is 0 Å². The van der Waals surface area contributed by atoms with Crippen molar-refractivity contribution in [1.29, 1.82) is 0 Å². The molecule has 1 saturated heterocycles. The first kappa shape index (κ1) is 16.9. The van der Waals surface area contributed by atoms with Crippen LogP contribution in [0.5, 0.6) is 0 Å². The van der Waals surface area contributed by atoms with Crippen molar-refractivity contribution in [2.24, 2.45) is 11.8 Å². The van der Waals surface area contributed by atoms with Crippen LogP contribution < -0.4 is 4.90 Å². The lowest BCUT2D eigenvalue weighted by atomic mass is 9.67. The lowest BCUT2D eigenvalue weighted by Gasteiger charge is -2.34. The van der Waals surface area contributed by atoms with Crippen molar-refractivity contribution < 1.29 is 9.59 Å². The van der Waals surface area contributed by atoms with Gasteiger partial charge in [0.15, 0.2) is 0 Å². The Balaban J connectivity index is 1.63. The summed E-state index contributed by atoms with van der Waals surface area (Å²) in [5.41, 5.74) is 5.25. The van der Waals surface area contributed by atoms with Gasteiger partial charge in [-0.25, -0.2) is 0 Å². The molecule has 0 saturated carbocycles. The third-order valence-electron chi connectivity index (χ3n) is 6.23. The topological polar surface area (TPSA) is 37.4 Å². The van der Waals surface area contributed by atoms with Crippen LogP contribution >= 0.6 is 0 Å². The first-order valence-corrected chi connectivity index (χ1v) is 9.75. The molecule has 1 amide bonds. The Kier molecular flexibility index (Phi) is 4.09. The van der Waals surface area contributed by atoms with Gasteiger partial charge < -0.3 is 4.90 Å². The van der Waals surface area contributed by atoms with Gasteiger partial charge in [0.2, 0.25) is 5.91 Å². The third kappa shape index (κ3) is 2.66. The fraction of sp³-hybridized carbons (Fsp3) is 0.200. The number of para-hydroxylation sites is 1. The smallest absolute Gasteiger partial charge is 0.230 e. The van der Waals surface area contributed by atoms with Crippen molar-refractivity contribution in [2.75, 3.05) is 11.4 Å². The number of fused-ring (bicyclic) bond motifs is 2. The highest BCUT2D eigenvalue weighted by molar-refractivity contribution is 5.98. The zero-order valence-electron chi connectivity index (χ0n) is 15.5. The number of benzene rings is 3. The van der Waals surface area contributed by atoms with Gasteiger partial charge in [0.1, 0.15) is 6.29 Å². The van der Waals surface area contributed by atoms with Gasteiger partial charge in [-0.3, -0.25) is 9.59 Å². The molecule has 1 fully saturated rings. The maximum atomic E-state index is 13.3. The fourth-order valence-electron chi connectivity index (χ4n) is 4.95. The molecule has 2 aliphatic rings. The minimum atomic E-state index is -0.0278. The Hall–Kier alpha value is -3.20.